The summed E-state index contributed by atoms with van der Waals surface area (Å²) in [7, 11) is 1.66. The Kier molecular flexibility index (Phi) is 3.75. The molecule has 0 saturated heterocycles. The number of carbonyl (C=O) groups is 1. The number of aromatic carboxylic acids is 1. The van der Waals surface area contributed by atoms with E-state index in [4.69, 9.17) is 9.84 Å². The Morgan fingerprint density at radius 3 is 2.39 bits per heavy atom. The molecular weight excluding hydrogens is 228 g/mol. The third-order valence-electron chi connectivity index (χ3n) is 2.76. The fraction of sp³-hybridized carbons (Fsp3) is 0.133. The van der Waals surface area contributed by atoms with Gasteiger partial charge in [-0.2, -0.15) is 0 Å². The molecule has 0 aromatic heterocycles. The molecule has 0 heterocycles. The highest BCUT2D eigenvalue weighted by molar-refractivity contribution is 5.88. The highest BCUT2D eigenvalue weighted by Gasteiger charge is 2.06. The Hall–Kier alpha value is -2.13. The van der Waals surface area contributed by atoms with E-state index in [9.17, 15) is 4.79 Å². The van der Waals surface area contributed by atoms with Crippen LogP contribution >= 0.6 is 0 Å². The van der Waals surface area contributed by atoms with Crippen molar-refractivity contribution in [3.63, 3.8) is 0 Å². The second kappa shape index (κ2) is 5.47. The molecule has 0 radical (unpaired) electrons. The summed E-state index contributed by atoms with van der Waals surface area (Å²) < 4.78 is 5.16. The average Bonchev–Trinajstić information content (AvgIpc) is 2.40. The van der Waals surface area contributed by atoms with Crippen molar-refractivity contribution < 1.29 is 14.6 Å². The molecule has 3 nitrogen and oxygen atoms in total. The second-order valence-electron chi connectivity index (χ2n) is 3.97. The van der Waals surface area contributed by atoms with Crippen molar-refractivity contribution in [2.45, 2.75) is 6.61 Å². The van der Waals surface area contributed by atoms with Crippen LogP contribution in [0, 0.1) is 0 Å². The monoisotopic (exact) mass is 242 g/mol. The summed E-state index contributed by atoms with van der Waals surface area (Å²) in [5.41, 5.74) is 3.44. The zero-order valence-electron chi connectivity index (χ0n) is 10.1. The van der Waals surface area contributed by atoms with Gasteiger partial charge in [-0.05, 0) is 28.8 Å². The number of rotatable bonds is 4. The summed E-state index contributed by atoms with van der Waals surface area (Å²) in [4.78, 5) is 10.8. The number of carboxylic acids is 1. The van der Waals surface area contributed by atoms with Crippen molar-refractivity contribution in [2.75, 3.05) is 7.11 Å². The molecule has 0 fully saturated rings. The van der Waals surface area contributed by atoms with Gasteiger partial charge in [-0.3, -0.25) is 0 Å². The van der Waals surface area contributed by atoms with E-state index >= 15 is 0 Å². The van der Waals surface area contributed by atoms with Gasteiger partial charge in [0.25, 0.3) is 0 Å². The van der Waals surface area contributed by atoms with Gasteiger partial charge in [-0.1, -0.05) is 36.4 Å². The summed E-state index contributed by atoms with van der Waals surface area (Å²) in [6, 6.07) is 14.8. The first-order valence-corrected chi connectivity index (χ1v) is 5.63. The molecule has 18 heavy (non-hydrogen) atoms. The van der Waals surface area contributed by atoms with Crippen LogP contribution in [0.4, 0.5) is 0 Å². The summed E-state index contributed by atoms with van der Waals surface area (Å²) in [6.07, 6.45) is 0. The van der Waals surface area contributed by atoms with Crippen molar-refractivity contribution in [1.29, 1.82) is 0 Å². The Balaban J connectivity index is 2.39. The average molecular weight is 242 g/mol. The molecule has 0 spiro atoms. The van der Waals surface area contributed by atoms with Crippen LogP contribution in [0.25, 0.3) is 11.1 Å². The highest BCUT2D eigenvalue weighted by Crippen LogP contribution is 2.24. The maximum Gasteiger partial charge on any atom is 0.335 e. The van der Waals surface area contributed by atoms with Crippen LogP contribution < -0.4 is 0 Å². The van der Waals surface area contributed by atoms with Gasteiger partial charge in [0.15, 0.2) is 0 Å². The van der Waals surface area contributed by atoms with Gasteiger partial charge in [0, 0.05) is 7.11 Å². The first-order valence-electron chi connectivity index (χ1n) is 5.63. The number of methoxy groups -OCH3 is 1. The summed E-state index contributed by atoms with van der Waals surface area (Å²) in [5, 5.41) is 8.87. The molecular formula is C15H14O3. The summed E-state index contributed by atoms with van der Waals surface area (Å²) in [5.74, 6) is -0.910. The molecule has 2 rings (SSSR count). The van der Waals surface area contributed by atoms with E-state index in [1.165, 1.54) is 0 Å². The maximum atomic E-state index is 10.8. The molecule has 0 bridgehead atoms. The molecule has 0 aliphatic carbocycles. The topological polar surface area (TPSA) is 46.5 Å². The summed E-state index contributed by atoms with van der Waals surface area (Å²) in [6.45, 7) is 0.539. The van der Waals surface area contributed by atoms with E-state index in [2.05, 4.69) is 0 Å². The third kappa shape index (κ3) is 2.57. The van der Waals surface area contributed by atoms with Crippen molar-refractivity contribution in [3.05, 3.63) is 59.7 Å². The Morgan fingerprint density at radius 2 is 1.78 bits per heavy atom. The molecule has 0 saturated carbocycles. The number of carboxylic acid groups (broad SMARTS) is 1. The molecule has 2 aromatic rings. The number of hydrogen-bond donors (Lipinski definition) is 1. The normalized spacial score (nSPS) is 10.3. The van der Waals surface area contributed by atoms with E-state index in [0.717, 1.165) is 16.7 Å². The largest absolute Gasteiger partial charge is 0.478 e. The SMILES string of the molecule is COCc1ccccc1-c1ccc(C(=O)O)cc1. The predicted octanol–water partition coefficient (Wildman–Crippen LogP) is 3.20. The standard InChI is InChI=1S/C15H14O3/c1-18-10-13-4-2-3-5-14(13)11-6-8-12(9-7-11)15(16)17/h2-9H,10H2,1H3,(H,16,17). The van der Waals surface area contributed by atoms with Crippen molar-refractivity contribution in [1.82, 2.24) is 0 Å². The second-order valence-corrected chi connectivity index (χ2v) is 3.97. The molecule has 0 aliphatic rings. The van der Waals surface area contributed by atoms with Gasteiger partial charge >= 0.3 is 5.97 Å². The molecule has 0 aliphatic heterocycles. The van der Waals surface area contributed by atoms with E-state index in [-0.39, 0.29) is 0 Å². The lowest BCUT2D eigenvalue weighted by molar-refractivity contribution is 0.0697. The van der Waals surface area contributed by atoms with E-state index in [1.807, 2.05) is 36.4 Å². The van der Waals surface area contributed by atoms with Crippen LogP contribution in [0.5, 0.6) is 0 Å². The maximum absolute atomic E-state index is 10.8. The molecule has 2 aromatic carbocycles. The fourth-order valence-electron chi connectivity index (χ4n) is 1.88. The van der Waals surface area contributed by atoms with E-state index < -0.39 is 5.97 Å². The predicted molar refractivity (Wildman–Crippen MR) is 69.6 cm³/mol. The molecule has 1 N–H and O–H groups in total. The van der Waals surface area contributed by atoms with Gasteiger partial charge in [0.1, 0.15) is 0 Å². The van der Waals surface area contributed by atoms with Crippen LogP contribution in [0.2, 0.25) is 0 Å². The minimum atomic E-state index is -0.910. The third-order valence-corrected chi connectivity index (χ3v) is 2.76. The zero-order valence-corrected chi connectivity index (χ0v) is 10.1. The van der Waals surface area contributed by atoms with E-state index in [0.29, 0.717) is 12.2 Å². The lowest BCUT2D eigenvalue weighted by Gasteiger charge is -2.09. The van der Waals surface area contributed by atoms with Crippen molar-refractivity contribution in [2.24, 2.45) is 0 Å². The van der Waals surface area contributed by atoms with Crippen LogP contribution in [-0.2, 0) is 11.3 Å². The lowest BCUT2D eigenvalue weighted by Crippen LogP contribution is -1.96. The fourth-order valence-corrected chi connectivity index (χ4v) is 1.88. The van der Waals surface area contributed by atoms with Crippen LogP contribution in [0.3, 0.4) is 0 Å². The van der Waals surface area contributed by atoms with Crippen molar-refractivity contribution >= 4 is 5.97 Å². The number of ether oxygens (including phenoxy) is 1. The van der Waals surface area contributed by atoms with E-state index in [1.54, 1.807) is 19.2 Å². The summed E-state index contributed by atoms with van der Waals surface area (Å²) >= 11 is 0. The quantitative estimate of drug-likeness (QED) is 0.895. The number of hydrogen-bond acceptors (Lipinski definition) is 2. The minimum Gasteiger partial charge on any atom is -0.478 e. The zero-order chi connectivity index (χ0) is 13.0. The lowest BCUT2D eigenvalue weighted by atomic mass is 9.99. The van der Waals surface area contributed by atoms with Crippen LogP contribution in [-0.4, -0.2) is 18.2 Å². The molecule has 92 valence electrons. The van der Waals surface area contributed by atoms with Crippen LogP contribution in [0.1, 0.15) is 15.9 Å². The Labute approximate surface area is 106 Å². The van der Waals surface area contributed by atoms with Gasteiger partial charge in [-0.15, -0.1) is 0 Å². The van der Waals surface area contributed by atoms with Crippen LogP contribution in [0.15, 0.2) is 48.5 Å². The van der Waals surface area contributed by atoms with Gasteiger partial charge < -0.3 is 9.84 Å². The molecule has 0 amide bonds. The van der Waals surface area contributed by atoms with Gasteiger partial charge in [0.05, 0.1) is 12.2 Å². The molecule has 0 atom stereocenters. The number of benzene rings is 2. The van der Waals surface area contributed by atoms with Gasteiger partial charge in [-0.25, -0.2) is 4.79 Å². The molecule has 0 unspecified atom stereocenters. The Bertz CT molecular complexity index is 544. The minimum absolute atomic E-state index is 0.294. The molecule has 3 heteroatoms. The Morgan fingerprint density at radius 1 is 1.11 bits per heavy atom. The smallest absolute Gasteiger partial charge is 0.335 e. The first-order chi connectivity index (χ1) is 8.72. The van der Waals surface area contributed by atoms with Crippen molar-refractivity contribution in [3.8, 4) is 11.1 Å². The van der Waals surface area contributed by atoms with Gasteiger partial charge in [0.2, 0.25) is 0 Å². The first kappa shape index (κ1) is 12.3. The highest BCUT2D eigenvalue weighted by atomic mass is 16.5.